The van der Waals surface area contributed by atoms with Gasteiger partial charge >= 0.3 is 58.8 Å². The number of alkyl halides is 28. The molecule has 8 aromatic rings. The van der Waals surface area contributed by atoms with Crippen molar-refractivity contribution in [3.63, 3.8) is 0 Å². The molecule has 0 atom stereocenters. The second-order valence-electron chi connectivity index (χ2n) is 16.8. The average Bonchev–Trinajstić information content (AvgIpc) is 0.804. The molecule has 0 bridgehead atoms. The van der Waals surface area contributed by atoms with Crippen LogP contribution in [0.4, 0.5) is 126 Å². The third-order valence-corrected chi connectivity index (χ3v) is 12.9. The van der Waals surface area contributed by atoms with Gasteiger partial charge in [0, 0.05) is 68.5 Å². The Bertz CT molecular complexity index is 3280. The first-order valence-corrected chi connectivity index (χ1v) is 29.1. The van der Waals surface area contributed by atoms with Gasteiger partial charge in [-0.3, -0.25) is 0 Å². The summed E-state index contributed by atoms with van der Waals surface area (Å²) in [6.45, 7) is 0. The molecule has 1 saturated heterocycles. The van der Waals surface area contributed by atoms with Crippen molar-refractivity contribution in [1.29, 1.82) is 0 Å². The Balaban J connectivity index is 0. The first-order chi connectivity index (χ1) is 43.6. The van der Waals surface area contributed by atoms with E-state index >= 15 is 0 Å². The second-order valence-corrected chi connectivity index (χ2v) is 22.0. The number of anilines is 2. The quantitative estimate of drug-likeness (QED) is 0.0320. The summed E-state index contributed by atoms with van der Waals surface area (Å²) in [6, 6.07) is 45.1. The number of rotatable bonds is 2. The molecule has 0 spiro atoms. The van der Waals surface area contributed by atoms with Crippen molar-refractivity contribution in [1.82, 2.24) is 9.97 Å². The number of aromatic nitrogens is 2. The van der Waals surface area contributed by atoms with Gasteiger partial charge in [-0.05, 0) is 72.1 Å². The minimum Gasteiger partial charge on any atom is -0.741 e. The van der Waals surface area contributed by atoms with Crippen LogP contribution in [0.5, 0.6) is 0 Å². The van der Waals surface area contributed by atoms with Crippen LogP contribution in [0.3, 0.4) is 0 Å². The van der Waals surface area contributed by atoms with E-state index < -0.39 is 126 Å². The molecule has 0 aliphatic carbocycles. The van der Waals surface area contributed by atoms with Crippen LogP contribution in [0.2, 0.25) is 0 Å². The van der Waals surface area contributed by atoms with Crippen LogP contribution < -0.4 is 11.5 Å². The summed E-state index contributed by atoms with van der Waals surface area (Å²) in [5.41, 5.74) is -8.11. The molecule has 98 heavy (non-hydrogen) atoms. The van der Waals surface area contributed by atoms with Gasteiger partial charge in [0.15, 0.2) is 20.2 Å². The number of benzene rings is 6. The summed E-state index contributed by atoms with van der Waals surface area (Å²) in [4.78, 5) is 8.44. The Morgan fingerprint density at radius 2 is 0.612 bits per heavy atom. The van der Waals surface area contributed by atoms with Crippen molar-refractivity contribution in [2.45, 2.75) is 48.1 Å². The maximum Gasteiger partial charge on any atom is 0.485 e. The number of nitrogens with two attached hydrogens (primary N) is 2. The predicted octanol–water partition coefficient (Wildman–Crippen LogP) is 17.2. The Labute approximate surface area is 576 Å². The van der Waals surface area contributed by atoms with Crippen LogP contribution in [0.15, 0.2) is 170 Å². The molecule has 550 valence electrons. The molecule has 10 nitrogen and oxygen atoms in total. The summed E-state index contributed by atoms with van der Waals surface area (Å²) >= 11 is 0. The second kappa shape index (κ2) is 40.5. The number of nitrogen functional groups attached to an aromatic ring is 2. The first kappa shape index (κ1) is 93.3. The summed E-state index contributed by atoms with van der Waals surface area (Å²) in [5.74, 6) is -0.501. The molecule has 6 aromatic carbocycles. The summed E-state index contributed by atoms with van der Waals surface area (Å²) < 4.78 is 361. The summed E-state index contributed by atoms with van der Waals surface area (Å²) in [5, 5.41) is 2.44. The Kier molecular flexibility index (Phi) is 38.6. The minimum absolute atomic E-state index is 0. The largest absolute Gasteiger partial charge is 0.741 e. The zero-order valence-electron chi connectivity index (χ0n) is 47.1. The molecular formula is C56H36Au2Cl2F26N4O6S2-4. The van der Waals surface area contributed by atoms with Gasteiger partial charge < -0.3 is 30.5 Å². The maximum atomic E-state index is 12.2. The van der Waals surface area contributed by atoms with E-state index in [1.54, 1.807) is 12.4 Å². The normalized spacial score (nSPS) is 12.2. The molecule has 2 aromatic heterocycles. The summed E-state index contributed by atoms with van der Waals surface area (Å²) in [6.07, 6.45) is -28.4. The molecule has 3 heterocycles. The van der Waals surface area contributed by atoms with E-state index in [1.807, 2.05) is 84.9 Å². The monoisotopic (exact) mass is 1880 g/mol. The van der Waals surface area contributed by atoms with E-state index in [0.717, 1.165) is 34.6 Å². The van der Waals surface area contributed by atoms with Crippen LogP contribution in [0.1, 0.15) is 33.4 Å². The molecule has 0 saturated carbocycles. The van der Waals surface area contributed by atoms with Gasteiger partial charge in [-0.2, -0.15) is 118 Å². The molecule has 42 heteroatoms. The zero-order chi connectivity index (χ0) is 74.0. The maximum absolute atomic E-state index is 12.2. The molecule has 2 radical (unpaired) electrons. The topological polar surface area (TPSA) is 192 Å². The fourth-order valence-electron chi connectivity index (χ4n) is 5.22. The van der Waals surface area contributed by atoms with Gasteiger partial charge in [0.25, 0.3) is 21.6 Å². The molecule has 9 rings (SSSR count). The molecule has 1 aliphatic rings. The minimum atomic E-state index is -6.09. The third kappa shape index (κ3) is 38.0. The van der Waals surface area contributed by atoms with Gasteiger partial charge in [0.05, 0.1) is 0 Å². The van der Waals surface area contributed by atoms with E-state index in [0.29, 0.717) is 11.4 Å². The molecule has 4 N–H and O–H groups in total. The van der Waals surface area contributed by atoms with Gasteiger partial charge in [0.1, 0.15) is 11.6 Å². The number of pyridine rings is 2. The Morgan fingerprint density at radius 3 is 0.765 bits per heavy atom. The van der Waals surface area contributed by atoms with Gasteiger partial charge in [0.2, 0.25) is 0 Å². The van der Waals surface area contributed by atoms with E-state index in [4.69, 9.17) is 37.4 Å². The van der Waals surface area contributed by atoms with Crippen molar-refractivity contribution < 1.29 is 206 Å². The van der Waals surface area contributed by atoms with Crippen LogP contribution in [-0.4, -0.2) is 57.6 Å². The fraction of sp³-hybridized carbons (Fsp3) is 0.179. The van der Waals surface area contributed by atoms with E-state index in [2.05, 4.69) is 43.7 Å². The summed E-state index contributed by atoms with van der Waals surface area (Å²) in [7, 11) is -7.51. The molecule has 0 unspecified atom stereocenters. The molecule has 1 aliphatic heterocycles. The van der Waals surface area contributed by atoms with Crippen molar-refractivity contribution in [2.75, 3.05) is 22.1 Å². The van der Waals surface area contributed by atoms with E-state index in [9.17, 15) is 114 Å². The smallest absolute Gasteiger partial charge is 0.485 e. The molecule has 1 fully saturated rings. The van der Waals surface area contributed by atoms with Gasteiger partial charge in [-0.25, -0.2) is 25.6 Å². The zero-order valence-corrected chi connectivity index (χ0v) is 54.6. The van der Waals surface area contributed by atoms with Crippen molar-refractivity contribution >= 4 is 31.6 Å². The van der Waals surface area contributed by atoms with Crippen LogP contribution >= 0.6 is 0 Å². The number of hydrogen-bond donors (Lipinski definition) is 2. The molecule has 0 amide bonds. The van der Waals surface area contributed by atoms with E-state index in [1.165, 1.54) is 59.2 Å². The van der Waals surface area contributed by atoms with Crippen LogP contribution in [-0.2, 0) is 102 Å². The van der Waals surface area contributed by atoms with Crippen molar-refractivity contribution in [3.8, 4) is 22.5 Å². The van der Waals surface area contributed by atoms with Gasteiger partial charge in [-0.15, -0.1) is 96.1 Å². The first-order valence-electron chi connectivity index (χ1n) is 24.1. The van der Waals surface area contributed by atoms with Crippen LogP contribution in [0, 0.1) is 57.5 Å². The number of hydrogen-bond acceptors (Lipinski definition) is 10. The number of nitrogens with zero attached hydrogens (tertiary/aromatic N) is 2. The van der Waals surface area contributed by atoms with E-state index in [-0.39, 0.29) is 56.4 Å². The number of halogens is 28. The molecular weight excluding hydrogens is 1850 g/mol. The van der Waals surface area contributed by atoms with Crippen LogP contribution in [0.25, 0.3) is 22.5 Å². The standard InChI is InChI=1S/2C11H8N.2C9H2F9.2C6H6FN.C2H4Cl2.2CHF3O3S.2Au/c2*1-2-6-10(7-3-1)11-8-4-5-9-12-11;2*10-7(11,12)4-1-5(8(13,14)15)3-6(2-4)9(16,17)18;2*7-5-1-3-6(8)4-2-5;1-3-2-4-1;2*2-1(3,4)8(5,6)7;;/h2*1-6,8-9H;2*1-2H;2*1-4H,8H2;1-2H2;2*(H,5,6,7);;/q4*-1;;;+2;;;;/p-2. The average molecular weight is 1880 g/mol. The predicted molar refractivity (Wildman–Crippen MR) is 280 cm³/mol. The Morgan fingerprint density at radius 1 is 0.378 bits per heavy atom. The van der Waals surface area contributed by atoms with Crippen molar-refractivity contribution in [3.05, 3.63) is 239 Å². The van der Waals surface area contributed by atoms with Crippen molar-refractivity contribution in [2.24, 2.45) is 0 Å². The Hall–Kier alpha value is -6.72. The SMILES string of the molecule is C1[Cl+]C[Cl+]1.FC(F)(F)c1[c-]c(C(F)(F)F)cc(C(F)(F)F)c1.FC(F)(F)c1[c-]c(C(F)(F)F)cc(C(F)(F)F)c1.Nc1ccc(F)cc1.Nc1ccc(F)cc1.O=S(=O)([O-])C(F)(F)F.O=S(=O)([O-])C(F)(F)F.[Au].[Au].[c-]1ccccc1-c1ccccn1.[c-]1ccccc1-c1ccccn1. The fourth-order valence-corrected chi connectivity index (χ4v) is 5.80. The van der Waals surface area contributed by atoms with Gasteiger partial charge in [-0.1, -0.05) is 57.6 Å². The third-order valence-electron chi connectivity index (χ3n) is 9.51.